The van der Waals surface area contributed by atoms with Gasteiger partial charge in [-0.05, 0) is 34.1 Å². The van der Waals surface area contributed by atoms with Crippen molar-refractivity contribution in [2.24, 2.45) is 5.10 Å². The lowest BCUT2D eigenvalue weighted by Gasteiger charge is -2.11. The number of hydrazone groups is 1. The fraction of sp³-hybridized carbons (Fsp3) is 0.188. The van der Waals surface area contributed by atoms with Gasteiger partial charge in [0.15, 0.2) is 18.1 Å². The van der Waals surface area contributed by atoms with Crippen LogP contribution in [0.3, 0.4) is 0 Å². The van der Waals surface area contributed by atoms with Crippen LogP contribution in [0.15, 0.2) is 40.0 Å². The van der Waals surface area contributed by atoms with Gasteiger partial charge in [0.1, 0.15) is 0 Å². The molecule has 0 aliphatic heterocycles. The Hall–Kier alpha value is -3.21. The first kappa shape index (κ1) is 20.1. The normalized spacial score (nSPS) is 10.5. The monoisotopic (exact) mass is 438 g/mol. The number of hydrogen-bond donors (Lipinski definition) is 1. The first-order valence-corrected chi connectivity index (χ1v) is 8.21. The SMILES string of the molecule is COC(=O)COc1cc(Br)c(/C=N\Nc2ncccc2[N+](=O)[O-])cc1OC. The van der Waals surface area contributed by atoms with Crippen LogP contribution in [0.4, 0.5) is 11.5 Å². The highest BCUT2D eigenvalue weighted by atomic mass is 79.9. The summed E-state index contributed by atoms with van der Waals surface area (Å²) in [6.07, 6.45) is 2.84. The van der Waals surface area contributed by atoms with Crippen LogP contribution >= 0.6 is 15.9 Å². The minimum atomic E-state index is -0.558. The quantitative estimate of drug-likeness (QED) is 0.288. The molecule has 0 amide bonds. The van der Waals surface area contributed by atoms with Gasteiger partial charge in [-0.2, -0.15) is 5.10 Å². The van der Waals surface area contributed by atoms with Crippen molar-refractivity contribution < 1.29 is 23.9 Å². The molecule has 0 fully saturated rings. The van der Waals surface area contributed by atoms with E-state index < -0.39 is 10.9 Å². The largest absolute Gasteiger partial charge is 0.493 e. The van der Waals surface area contributed by atoms with Gasteiger partial charge in [0.25, 0.3) is 0 Å². The molecule has 0 radical (unpaired) electrons. The summed E-state index contributed by atoms with van der Waals surface area (Å²) >= 11 is 3.36. The Balaban J connectivity index is 2.18. The molecule has 0 saturated heterocycles. The number of hydrogen-bond acceptors (Lipinski definition) is 9. The minimum Gasteiger partial charge on any atom is -0.493 e. The Labute approximate surface area is 162 Å². The third-order valence-corrected chi connectivity index (χ3v) is 3.90. The maximum atomic E-state index is 11.2. The van der Waals surface area contributed by atoms with Crippen molar-refractivity contribution in [2.75, 3.05) is 26.3 Å². The van der Waals surface area contributed by atoms with Gasteiger partial charge in [-0.25, -0.2) is 9.78 Å². The van der Waals surface area contributed by atoms with Crippen molar-refractivity contribution in [3.05, 3.63) is 50.6 Å². The lowest BCUT2D eigenvalue weighted by atomic mass is 10.2. The zero-order valence-corrected chi connectivity index (χ0v) is 15.9. The van der Waals surface area contributed by atoms with Gasteiger partial charge in [0.2, 0.25) is 5.82 Å². The minimum absolute atomic E-state index is 0.0138. The number of benzene rings is 1. The molecule has 2 rings (SSSR count). The zero-order valence-electron chi connectivity index (χ0n) is 14.3. The predicted octanol–water partition coefficient (Wildman–Crippen LogP) is 2.76. The summed E-state index contributed by atoms with van der Waals surface area (Å²) in [7, 11) is 2.71. The van der Waals surface area contributed by atoms with Crippen LogP contribution < -0.4 is 14.9 Å². The first-order chi connectivity index (χ1) is 13.0. The molecule has 1 heterocycles. The molecule has 142 valence electrons. The fourth-order valence-corrected chi connectivity index (χ4v) is 2.34. The van der Waals surface area contributed by atoms with E-state index in [-0.39, 0.29) is 18.1 Å². The lowest BCUT2D eigenvalue weighted by molar-refractivity contribution is -0.384. The summed E-state index contributed by atoms with van der Waals surface area (Å²) in [6.45, 7) is -0.266. The summed E-state index contributed by atoms with van der Waals surface area (Å²) < 4.78 is 15.7. The van der Waals surface area contributed by atoms with E-state index in [1.165, 1.54) is 38.8 Å². The maximum Gasteiger partial charge on any atom is 0.343 e. The topological polar surface area (TPSA) is 125 Å². The lowest BCUT2D eigenvalue weighted by Crippen LogP contribution is -2.13. The number of nitrogens with zero attached hydrogens (tertiary/aromatic N) is 3. The van der Waals surface area contributed by atoms with Crippen LogP contribution in [0.25, 0.3) is 0 Å². The Morgan fingerprint density at radius 1 is 1.41 bits per heavy atom. The van der Waals surface area contributed by atoms with Gasteiger partial charge in [0.05, 0.1) is 25.4 Å². The molecule has 0 bridgehead atoms. The van der Waals surface area contributed by atoms with Crippen LogP contribution in [0.5, 0.6) is 11.5 Å². The second-order valence-corrected chi connectivity index (χ2v) is 5.74. The Kier molecular flexibility index (Phi) is 7.06. The molecule has 0 aliphatic carbocycles. The third-order valence-electron chi connectivity index (χ3n) is 3.21. The first-order valence-electron chi connectivity index (χ1n) is 7.42. The van der Waals surface area contributed by atoms with Gasteiger partial charge in [-0.1, -0.05) is 0 Å². The molecular formula is C16H15BrN4O6. The van der Waals surface area contributed by atoms with Crippen molar-refractivity contribution in [2.45, 2.75) is 0 Å². The van der Waals surface area contributed by atoms with Crippen LogP contribution in [0.2, 0.25) is 0 Å². The van der Waals surface area contributed by atoms with Gasteiger partial charge in [-0.3, -0.25) is 15.5 Å². The smallest absolute Gasteiger partial charge is 0.343 e. The molecule has 0 saturated carbocycles. The van der Waals surface area contributed by atoms with Crippen LogP contribution in [-0.4, -0.2) is 42.9 Å². The maximum absolute atomic E-state index is 11.2. The number of nitro groups is 1. The predicted molar refractivity (Wildman–Crippen MR) is 100 cm³/mol. The van der Waals surface area contributed by atoms with E-state index in [2.05, 4.69) is 36.2 Å². The number of aromatic nitrogens is 1. The highest BCUT2D eigenvalue weighted by Crippen LogP contribution is 2.33. The molecule has 0 atom stereocenters. The van der Waals surface area contributed by atoms with Crippen molar-refractivity contribution in [1.29, 1.82) is 0 Å². The second-order valence-electron chi connectivity index (χ2n) is 4.89. The van der Waals surface area contributed by atoms with Gasteiger partial charge in [-0.15, -0.1) is 0 Å². The van der Waals surface area contributed by atoms with Crippen LogP contribution in [0.1, 0.15) is 5.56 Å². The van der Waals surface area contributed by atoms with E-state index >= 15 is 0 Å². The van der Waals surface area contributed by atoms with Crippen molar-refractivity contribution in [1.82, 2.24) is 4.98 Å². The standard InChI is InChI=1S/C16H15BrN4O6/c1-25-13-6-10(11(17)7-14(13)27-9-15(22)26-2)8-19-20-16-12(21(23)24)4-3-5-18-16/h3-8H,9H2,1-2H3,(H,18,20)/b19-8-. The van der Waals surface area contributed by atoms with Gasteiger partial charge >= 0.3 is 11.7 Å². The number of carbonyl (C=O) groups is 1. The molecule has 0 aliphatic rings. The molecule has 27 heavy (non-hydrogen) atoms. The summed E-state index contributed by atoms with van der Waals surface area (Å²) in [6, 6.07) is 6.00. The summed E-state index contributed by atoms with van der Waals surface area (Å²) in [5, 5.41) is 14.9. The Morgan fingerprint density at radius 3 is 2.85 bits per heavy atom. The zero-order chi connectivity index (χ0) is 19.8. The highest BCUT2D eigenvalue weighted by Gasteiger charge is 2.14. The summed E-state index contributed by atoms with van der Waals surface area (Å²) in [5.74, 6) is 0.187. The van der Waals surface area contributed by atoms with E-state index in [1.807, 2.05) is 0 Å². The number of anilines is 1. The van der Waals surface area contributed by atoms with Crippen molar-refractivity contribution in [3.8, 4) is 11.5 Å². The number of esters is 1. The molecule has 1 N–H and O–H groups in total. The summed E-state index contributed by atoms with van der Waals surface area (Å²) in [4.78, 5) is 25.5. The second kappa shape index (κ2) is 9.48. The molecule has 10 nitrogen and oxygen atoms in total. The molecule has 0 unspecified atom stereocenters. The molecule has 1 aromatic heterocycles. The molecule has 1 aromatic carbocycles. The van der Waals surface area contributed by atoms with E-state index in [4.69, 9.17) is 9.47 Å². The number of carbonyl (C=O) groups excluding carboxylic acids is 1. The highest BCUT2D eigenvalue weighted by molar-refractivity contribution is 9.10. The van der Waals surface area contributed by atoms with E-state index in [0.29, 0.717) is 21.5 Å². The number of nitrogens with one attached hydrogen (secondary N) is 1. The van der Waals surface area contributed by atoms with Crippen LogP contribution in [-0.2, 0) is 9.53 Å². The average Bonchev–Trinajstić information content (AvgIpc) is 2.67. The molecule has 11 heteroatoms. The van der Waals surface area contributed by atoms with Gasteiger partial charge in [0, 0.05) is 22.3 Å². The Bertz CT molecular complexity index is 874. The number of rotatable bonds is 8. The van der Waals surface area contributed by atoms with Crippen LogP contribution in [0, 0.1) is 10.1 Å². The average molecular weight is 439 g/mol. The molecular weight excluding hydrogens is 424 g/mol. The van der Waals surface area contributed by atoms with E-state index in [9.17, 15) is 14.9 Å². The number of pyridine rings is 1. The van der Waals surface area contributed by atoms with E-state index in [1.54, 1.807) is 12.1 Å². The third kappa shape index (κ3) is 5.38. The number of ether oxygens (including phenoxy) is 3. The van der Waals surface area contributed by atoms with Crippen molar-refractivity contribution in [3.63, 3.8) is 0 Å². The molecule has 0 spiro atoms. The molecule has 2 aromatic rings. The summed E-state index contributed by atoms with van der Waals surface area (Å²) in [5.41, 5.74) is 2.94. The Morgan fingerprint density at radius 2 is 2.19 bits per heavy atom. The van der Waals surface area contributed by atoms with Gasteiger partial charge < -0.3 is 14.2 Å². The van der Waals surface area contributed by atoms with E-state index in [0.717, 1.165) is 0 Å². The van der Waals surface area contributed by atoms with Crippen molar-refractivity contribution >= 4 is 39.6 Å². The number of methoxy groups -OCH3 is 2. The fourth-order valence-electron chi connectivity index (χ4n) is 1.91. The number of halogens is 1.